The summed E-state index contributed by atoms with van der Waals surface area (Å²) in [6.45, 7) is 0. The molecule has 5 heteroatoms. The van der Waals surface area contributed by atoms with Crippen LogP contribution in [0.4, 0.5) is 0 Å². The van der Waals surface area contributed by atoms with Crippen molar-refractivity contribution in [3.8, 4) is 0 Å². The maximum atomic E-state index is 6.19. The molecule has 0 bridgehead atoms. The van der Waals surface area contributed by atoms with Crippen molar-refractivity contribution in [2.75, 3.05) is 0 Å². The molecule has 33 valence electrons. The molecule has 0 fully saturated rings. The zero-order valence-corrected chi connectivity index (χ0v) is 4.59. The van der Waals surface area contributed by atoms with E-state index in [0.29, 0.717) is 0 Å². The second-order valence-electron chi connectivity index (χ2n) is 0.523. The Labute approximate surface area is 43.1 Å². The van der Waals surface area contributed by atoms with Crippen LogP contribution in [0, 0.1) is 5.53 Å². The van der Waals surface area contributed by atoms with Gasteiger partial charge >= 0.3 is 42.3 Å². The summed E-state index contributed by atoms with van der Waals surface area (Å²) in [6.07, 6.45) is 0. The molecule has 1 radical (unpaired) electrons. The van der Waals surface area contributed by atoms with Crippen molar-refractivity contribution < 1.29 is 0 Å². The monoisotopic (exact) mass is 151 g/mol. The van der Waals surface area contributed by atoms with Crippen LogP contribution in [0.1, 0.15) is 0 Å². The van der Waals surface area contributed by atoms with Crippen molar-refractivity contribution in [1.82, 2.24) is 0 Å². The third kappa shape index (κ3) is 1.87. The molecule has 0 saturated carbocycles. The van der Waals surface area contributed by atoms with Gasteiger partial charge in [0.25, 0.3) is 0 Å². The molecule has 0 spiro atoms. The van der Waals surface area contributed by atoms with E-state index in [0.717, 1.165) is 0 Å². The predicted molar refractivity (Wildman–Crippen MR) is 22.5 cm³/mol. The minimum atomic E-state index is 0.162. The summed E-state index contributed by atoms with van der Waals surface area (Å²) >= 11 is 2.35. The van der Waals surface area contributed by atoms with Crippen LogP contribution >= 0.6 is 0 Å². The van der Waals surface area contributed by atoms with Crippen molar-refractivity contribution in [1.29, 1.82) is 5.53 Å². The normalized spacial score (nSPS) is 11.0. The van der Waals surface area contributed by atoms with E-state index in [1.807, 2.05) is 0 Å². The summed E-state index contributed by atoms with van der Waals surface area (Å²) in [5.74, 6) is 4.63. The molecule has 0 aromatic rings. The van der Waals surface area contributed by atoms with Gasteiger partial charge in [0.15, 0.2) is 0 Å². The molecule has 0 heterocycles. The van der Waals surface area contributed by atoms with Gasteiger partial charge in [-0.15, -0.1) is 0 Å². The number of nitrogens with two attached hydrogens (primary N) is 1. The molecule has 0 saturated heterocycles. The molecule has 0 aromatic heterocycles. The first-order chi connectivity index (χ1) is 2.81. The average Bonchev–Trinajstić information content (AvgIpc) is 1.65. The Morgan fingerprint density at radius 1 is 1.83 bits per heavy atom. The molecule has 0 unspecified atom stereocenters. The Hall–Kier alpha value is -0.411. The second kappa shape index (κ2) is 2.81. The van der Waals surface area contributed by atoms with E-state index in [2.05, 4.69) is 32.1 Å². The number of amidine groups is 1. The Kier molecular flexibility index (Phi) is 2.62. The fourth-order valence-electron chi connectivity index (χ4n) is 0.0289. The third-order valence-electron chi connectivity index (χ3n) is 0.206. The van der Waals surface area contributed by atoms with E-state index in [-0.39, 0.29) is 4.73 Å². The van der Waals surface area contributed by atoms with Gasteiger partial charge in [-0.25, -0.2) is 0 Å². The summed E-state index contributed by atoms with van der Waals surface area (Å²) in [7, 11) is 0. The molecule has 3 N–H and O–H groups in total. The minimum absolute atomic E-state index is 0.162. The van der Waals surface area contributed by atoms with Crippen LogP contribution in [-0.2, 0) is 0 Å². The second-order valence-corrected chi connectivity index (χ2v) is 1.29. The Morgan fingerprint density at radius 3 is 2.33 bits per heavy atom. The Morgan fingerprint density at radius 2 is 2.33 bits per heavy atom. The van der Waals surface area contributed by atoms with Gasteiger partial charge in [0.1, 0.15) is 0 Å². The molecule has 0 aromatic carbocycles. The number of hydrogen-bond acceptors (Lipinski definition) is 3. The molecule has 0 atom stereocenters. The summed E-state index contributed by atoms with van der Waals surface area (Å²) < 4.78 is 0.162. The maximum absolute atomic E-state index is 6.19. The van der Waals surface area contributed by atoms with Crippen LogP contribution in [0.15, 0.2) is 10.2 Å². The number of nitrogens with zero attached hydrogens (tertiary/aromatic N) is 2. The fraction of sp³-hybridized carbons (Fsp3) is 0. The molecule has 0 aliphatic rings. The van der Waals surface area contributed by atoms with Gasteiger partial charge in [0.05, 0.1) is 0 Å². The van der Waals surface area contributed by atoms with Gasteiger partial charge in [-0.2, -0.15) is 0 Å². The van der Waals surface area contributed by atoms with Crippen LogP contribution in [-0.4, -0.2) is 20.7 Å². The first-order valence-electron chi connectivity index (χ1n) is 1.13. The van der Waals surface area contributed by atoms with E-state index in [4.69, 9.17) is 5.53 Å². The molecule has 0 rings (SSSR count). The van der Waals surface area contributed by atoms with Crippen molar-refractivity contribution in [2.24, 2.45) is 16.1 Å². The Balaban J connectivity index is 3.50. The van der Waals surface area contributed by atoms with Gasteiger partial charge in [0.2, 0.25) is 0 Å². The summed E-state index contributed by atoms with van der Waals surface area (Å²) in [6, 6.07) is 0. The molecule has 0 aliphatic carbocycles. The fourth-order valence-corrected chi connectivity index (χ4v) is 0.0289. The van der Waals surface area contributed by atoms with Crippen molar-refractivity contribution >= 4 is 20.7 Å². The van der Waals surface area contributed by atoms with E-state index in [9.17, 15) is 0 Å². The molecular formula is CH3N4Se. The van der Waals surface area contributed by atoms with Crippen molar-refractivity contribution in [3.05, 3.63) is 0 Å². The van der Waals surface area contributed by atoms with Gasteiger partial charge in [-0.05, 0) is 0 Å². The van der Waals surface area contributed by atoms with Gasteiger partial charge in [-0.1, -0.05) is 0 Å². The predicted octanol–water partition coefficient (Wildman–Crippen LogP) is -0.584. The topological polar surface area (TPSA) is 74.6 Å². The van der Waals surface area contributed by atoms with Gasteiger partial charge < -0.3 is 0 Å². The average molecular weight is 150 g/mol. The third-order valence-corrected chi connectivity index (χ3v) is 0.619. The van der Waals surface area contributed by atoms with Gasteiger partial charge in [-0.3, -0.25) is 0 Å². The first-order valence-corrected chi connectivity index (χ1v) is 1.99. The molecular weight excluding hydrogens is 147 g/mol. The summed E-state index contributed by atoms with van der Waals surface area (Å²) in [4.78, 5) is 0. The van der Waals surface area contributed by atoms with Crippen LogP contribution in [0.5, 0.6) is 0 Å². The number of hydrazone groups is 1. The van der Waals surface area contributed by atoms with E-state index >= 15 is 0 Å². The van der Waals surface area contributed by atoms with Crippen molar-refractivity contribution in [3.63, 3.8) is 0 Å². The first kappa shape index (κ1) is 5.59. The van der Waals surface area contributed by atoms with E-state index < -0.39 is 0 Å². The molecule has 0 aliphatic heterocycles. The quantitative estimate of drug-likeness (QED) is 0.119. The van der Waals surface area contributed by atoms with Crippen LogP contribution < -0.4 is 5.84 Å². The zero-order valence-electron chi connectivity index (χ0n) is 2.88. The standard InChI is InChI=1S/CH3N4Se/c2-4-1(6)5-3/h2H,3H2/b4-2?,5-1-. The molecule has 0 amide bonds. The van der Waals surface area contributed by atoms with Crippen LogP contribution in [0.25, 0.3) is 0 Å². The molecule has 6 heavy (non-hydrogen) atoms. The SMILES string of the molecule is N=N/C([Se])=N/N. The number of nitrogens with one attached hydrogen (secondary N) is 1. The Bertz CT molecular complexity index is 75.6. The van der Waals surface area contributed by atoms with Crippen LogP contribution in [0.3, 0.4) is 0 Å². The number of hydrogen-bond donors (Lipinski definition) is 2. The van der Waals surface area contributed by atoms with Crippen molar-refractivity contribution in [2.45, 2.75) is 0 Å². The summed E-state index contributed by atoms with van der Waals surface area (Å²) in [5, 5.41) is 5.84. The summed E-state index contributed by atoms with van der Waals surface area (Å²) in [5.41, 5.74) is 6.19. The van der Waals surface area contributed by atoms with E-state index in [1.165, 1.54) is 0 Å². The van der Waals surface area contributed by atoms with E-state index in [1.54, 1.807) is 0 Å². The zero-order chi connectivity index (χ0) is 4.99. The van der Waals surface area contributed by atoms with Crippen LogP contribution in [0.2, 0.25) is 0 Å². The molecule has 4 nitrogen and oxygen atoms in total. The number of rotatable bonds is 0. The van der Waals surface area contributed by atoms with Gasteiger partial charge in [0, 0.05) is 0 Å².